The van der Waals surface area contributed by atoms with Crippen molar-refractivity contribution in [3.63, 3.8) is 0 Å². The molecule has 0 fully saturated rings. The molecule has 0 rings (SSSR count). The highest BCUT2D eigenvalue weighted by Crippen LogP contribution is 2.17. The van der Waals surface area contributed by atoms with Crippen molar-refractivity contribution in [3.8, 4) is 0 Å². The summed E-state index contributed by atoms with van der Waals surface area (Å²) in [5.41, 5.74) is 0. The quantitative estimate of drug-likeness (QED) is 0.562. The fraction of sp³-hybridized carbons (Fsp3) is 0.571. The lowest BCUT2D eigenvalue weighted by Crippen LogP contribution is -2.31. The van der Waals surface area contributed by atoms with Crippen LogP contribution in [0.25, 0.3) is 0 Å². The number of rotatable bonds is 4. The van der Waals surface area contributed by atoms with E-state index in [0.717, 1.165) is 0 Å². The Morgan fingerprint density at radius 2 is 1.00 bits per heavy atom. The Morgan fingerprint density at radius 3 is 1.22 bits per heavy atom. The molecule has 104 valence electrons. The van der Waals surface area contributed by atoms with E-state index in [1.165, 1.54) is 0 Å². The standard InChI is InChI=1S/C7H4F6O5/c8-6(9,10)4(15)17-1-3(14)2-18-5(16)7(11,12)13/h1-2H2. The minimum atomic E-state index is -5.33. The molecule has 0 aliphatic rings. The molecule has 0 heterocycles. The second-order valence-corrected chi connectivity index (χ2v) is 2.69. The molecule has 0 aliphatic heterocycles. The first-order valence-electron chi connectivity index (χ1n) is 3.94. The van der Waals surface area contributed by atoms with Crippen LogP contribution in [0.4, 0.5) is 26.3 Å². The van der Waals surface area contributed by atoms with E-state index in [0.29, 0.717) is 0 Å². The van der Waals surface area contributed by atoms with Crippen molar-refractivity contribution in [2.75, 3.05) is 13.2 Å². The molecule has 0 saturated carbocycles. The fourth-order valence-corrected chi connectivity index (χ4v) is 0.497. The van der Waals surface area contributed by atoms with E-state index in [1.807, 2.05) is 0 Å². The van der Waals surface area contributed by atoms with Crippen LogP contribution in [0.3, 0.4) is 0 Å². The maximum atomic E-state index is 11.5. The highest BCUT2D eigenvalue weighted by Gasteiger charge is 2.42. The number of carbonyl (C=O) groups excluding carboxylic acids is 3. The molecule has 5 nitrogen and oxygen atoms in total. The van der Waals surface area contributed by atoms with Gasteiger partial charge in [-0.2, -0.15) is 26.3 Å². The Hall–Kier alpha value is -1.81. The molecular formula is C7H4F6O5. The van der Waals surface area contributed by atoms with E-state index >= 15 is 0 Å². The smallest absolute Gasteiger partial charge is 0.451 e. The van der Waals surface area contributed by atoms with Crippen molar-refractivity contribution >= 4 is 17.7 Å². The van der Waals surface area contributed by atoms with Crippen LogP contribution in [0.1, 0.15) is 0 Å². The summed E-state index contributed by atoms with van der Waals surface area (Å²) in [5, 5.41) is 0. The first-order valence-corrected chi connectivity index (χ1v) is 3.94. The second-order valence-electron chi connectivity index (χ2n) is 2.69. The molecule has 0 atom stereocenters. The Kier molecular flexibility index (Phi) is 5.12. The molecule has 0 aromatic rings. The Morgan fingerprint density at radius 1 is 0.722 bits per heavy atom. The summed E-state index contributed by atoms with van der Waals surface area (Å²) in [7, 11) is 0. The zero-order valence-corrected chi connectivity index (χ0v) is 8.22. The minimum absolute atomic E-state index is 1.44. The lowest BCUT2D eigenvalue weighted by Gasteiger charge is -2.08. The van der Waals surface area contributed by atoms with Crippen LogP contribution in [0.5, 0.6) is 0 Å². The van der Waals surface area contributed by atoms with Gasteiger partial charge in [0.2, 0.25) is 5.78 Å². The van der Waals surface area contributed by atoms with Crippen molar-refractivity contribution < 1.29 is 50.2 Å². The van der Waals surface area contributed by atoms with Crippen LogP contribution < -0.4 is 0 Å². The first-order chi connectivity index (χ1) is 7.94. The molecule has 0 aromatic heterocycles. The molecule has 0 aromatic carbocycles. The summed E-state index contributed by atoms with van der Waals surface area (Å²) < 4.78 is 76.1. The molecule has 0 unspecified atom stereocenters. The summed E-state index contributed by atoms with van der Waals surface area (Å²) in [4.78, 5) is 30.8. The third-order valence-corrected chi connectivity index (χ3v) is 1.19. The van der Waals surface area contributed by atoms with Crippen LogP contribution >= 0.6 is 0 Å². The lowest BCUT2D eigenvalue weighted by atomic mass is 10.4. The normalized spacial score (nSPS) is 11.9. The lowest BCUT2D eigenvalue weighted by molar-refractivity contribution is -0.203. The number of ether oxygens (including phenoxy) is 2. The summed E-state index contributed by atoms with van der Waals surface area (Å²) in [6, 6.07) is 0. The van der Waals surface area contributed by atoms with E-state index in [1.54, 1.807) is 0 Å². The Labute approximate surface area is 94.6 Å². The molecule has 0 saturated heterocycles. The summed E-state index contributed by atoms with van der Waals surface area (Å²) in [6.45, 7) is -2.91. The third-order valence-electron chi connectivity index (χ3n) is 1.19. The van der Waals surface area contributed by atoms with Gasteiger partial charge in [0.1, 0.15) is 0 Å². The molecule has 11 heteroatoms. The predicted octanol–water partition coefficient (Wildman–Crippen LogP) is 0.767. The van der Waals surface area contributed by atoms with Crippen LogP contribution in [0.15, 0.2) is 0 Å². The van der Waals surface area contributed by atoms with Crippen molar-refractivity contribution in [3.05, 3.63) is 0 Å². The zero-order chi connectivity index (χ0) is 14.6. The van der Waals surface area contributed by atoms with Crippen LogP contribution in [-0.4, -0.2) is 43.3 Å². The molecule has 0 N–H and O–H groups in total. The van der Waals surface area contributed by atoms with Gasteiger partial charge in [0, 0.05) is 0 Å². The molecule has 0 amide bonds. The van der Waals surface area contributed by atoms with E-state index in [4.69, 9.17) is 0 Å². The van der Waals surface area contributed by atoms with E-state index in [-0.39, 0.29) is 0 Å². The number of halogens is 6. The zero-order valence-electron chi connectivity index (χ0n) is 8.22. The molecule has 0 aliphatic carbocycles. The van der Waals surface area contributed by atoms with E-state index < -0.39 is 43.3 Å². The van der Waals surface area contributed by atoms with Gasteiger partial charge >= 0.3 is 24.3 Å². The maximum absolute atomic E-state index is 11.5. The van der Waals surface area contributed by atoms with Gasteiger partial charge in [-0.05, 0) is 0 Å². The number of esters is 2. The van der Waals surface area contributed by atoms with Crippen LogP contribution in [0.2, 0.25) is 0 Å². The van der Waals surface area contributed by atoms with Crippen LogP contribution in [0, 0.1) is 0 Å². The van der Waals surface area contributed by atoms with Gasteiger partial charge in [-0.25, -0.2) is 9.59 Å². The molecule has 18 heavy (non-hydrogen) atoms. The minimum Gasteiger partial charge on any atom is -0.451 e. The average molecular weight is 282 g/mol. The van der Waals surface area contributed by atoms with Gasteiger partial charge in [-0.15, -0.1) is 0 Å². The third kappa shape index (κ3) is 6.06. The monoisotopic (exact) mass is 282 g/mol. The Balaban J connectivity index is 4.01. The van der Waals surface area contributed by atoms with Gasteiger partial charge in [-0.1, -0.05) is 0 Å². The molecule has 0 spiro atoms. The largest absolute Gasteiger partial charge is 0.490 e. The number of alkyl halides is 6. The number of Topliss-reactive ketones (excluding diaryl/α,β-unsaturated/α-hetero) is 1. The van der Waals surface area contributed by atoms with Gasteiger partial charge in [0.25, 0.3) is 0 Å². The van der Waals surface area contributed by atoms with E-state index in [2.05, 4.69) is 9.47 Å². The van der Waals surface area contributed by atoms with Crippen molar-refractivity contribution in [1.82, 2.24) is 0 Å². The maximum Gasteiger partial charge on any atom is 0.490 e. The van der Waals surface area contributed by atoms with Crippen LogP contribution in [-0.2, 0) is 23.9 Å². The van der Waals surface area contributed by atoms with Crippen molar-refractivity contribution in [1.29, 1.82) is 0 Å². The number of hydrogen-bond donors (Lipinski definition) is 0. The topological polar surface area (TPSA) is 69.7 Å². The summed E-state index contributed by atoms with van der Waals surface area (Å²) in [5.74, 6) is -6.80. The molecular weight excluding hydrogens is 278 g/mol. The van der Waals surface area contributed by atoms with E-state index in [9.17, 15) is 40.7 Å². The SMILES string of the molecule is O=C(COC(=O)C(F)(F)F)COC(=O)C(F)(F)F. The predicted molar refractivity (Wildman–Crippen MR) is 39.0 cm³/mol. The van der Waals surface area contributed by atoms with Crippen molar-refractivity contribution in [2.24, 2.45) is 0 Å². The summed E-state index contributed by atoms with van der Waals surface area (Å²) >= 11 is 0. The van der Waals surface area contributed by atoms with Gasteiger partial charge < -0.3 is 9.47 Å². The number of carbonyl (C=O) groups is 3. The average Bonchev–Trinajstić information content (AvgIpc) is 2.19. The Bertz CT molecular complexity index is 311. The first kappa shape index (κ1) is 16.2. The van der Waals surface area contributed by atoms with Gasteiger partial charge in [0.15, 0.2) is 13.2 Å². The highest BCUT2D eigenvalue weighted by atomic mass is 19.4. The fourth-order valence-electron chi connectivity index (χ4n) is 0.497. The second kappa shape index (κ2) is 5.69. The molecule has 0 bridgehead atoms. The van der Waals surface area contributed by atoms with Crippen molar-refractivity contribution in [2.45, 2.75) is 12.4 Å². The summed E-state index contributed by atoms with van der Waals surface area (Å²) in [6.07, 6.45) is -10.7. The number of ketones is 1. The number of hydrogen-bond acceptors (Lipinski definition) is 5. The van der Waals surface area contributed by atoms with Gasteiger partial charge in [-0.3, -0.25) is 4.79 Å². The van der Waals surface area contributed by atoms with Gasteiger partial charge in [0.05, 0.1) is 0 Å². The highest BCUT2D eigenvalue weighted by molar-refractivity contribution is 5.86. The molecule has 0 radical (unpaired) electrons.